The van der Waals surface area contributed by atoms with Crippen molar-refractivity contribution >= 4 is 49.9 Å². The van der Waals surface area contributed by atoms with Crippen LogP contribution in [0.1, 0.15) is 118 Å². The van der Waals surface area contributed by atoms with Gasteiger partial charge in [-0.3, -0.25) is 46.8 Å². The summed E-state index contributed by atoms with van der Waals surface area (Å²) in [6, 6.07) is 0. The quantitative estimate of drug-likeness (QED) is 0.0319. The second kappa shape index (κ2) is 28.6. The van der Waals surface area contributed by atoms with E-state index in [2.05, 4.69) is 71.4 Å². The van der Waals surface area contributed by atoms with Crippen molar-refractivity contribution in [3.8, 4) is 0 Å². The molecule has 0 amide bonds. The third kappa shape index (κ3) is 18.3. The van der Waals surface area contributed by atoms with Crippen LogP contribution < -0.4 is 22.6 Å². The first kappa shape index (κ1) is 59.8. The first-order valence-corrected chi connectivity index (χ1v) is 26.9. The van der Waals surface area contributed by atoms with Crippen molar-refractivity contribution in [2.24, 2.45) is 11.8 Å². The molecule has 2 saturated heterocycles. The van der Waals surface area contributed by atoms with E-state index in [1.807, 2.05) is 0 Å². The number of phosphoric acid groups is 2. The molecule has 0 bridgehead atoms. The molecule has 0 saturated carbocycles. The van der Waals surface area contributed by atoms with Crippen molar-refractivity contribution < 1.29 is 71.6 Å². The number of nitrogens with two attached hydrogens (primary N) is 2. The Balaban J connectivity index is 0.000000515. The highest BCUT2D eigenvalue weighted by molar-refractivity contribution is 7.47. The molecule has 2 aliphatic rings. The van der Waals surface area contributed by atoms with Gasteiger partial charge in [-0.15, -0.1) is 0 Å². The van der Waals surface area contributed by atoms with Gasteiger partial charge in [-0.2, -0.15) is 9.97 Å². The lowest BCUT2D eigenvalue weighted by atomic mass is 10.1. The lowest BCUT2D eigenvalue weighted by molar-refractivity contribution is -0.0526. The van der Waals surface area contributed by atoms with Crippen LogP contribution in [0, 0.1) is 11.8 Å². The van der Waals surface area contributed by atoms with Crippen molar-refractivity contribution in [2.75, 3.05) is 51.1 Å². The minimum absolute atomic E-state index is 0.0420. The van der Waals surface area contributed by atoms with Crippen LogP contribution in [-0.4, -0.2) is 146 Å². The molecule has 4 aromatic heterocycles. The number of rotatable bonds is 26. The van der Waals surface area contributed by atoms with Crippen LogP contribution in [0.5, 0.6) is 0 Å². The molecule has 404 valence electrons. The molecule has 0 aliphatic carbocycles. The van der Waals surface area contributed by atoms with E-state index in [9.17, 15) is 48.9 Å². The second-order valence-electron chi connectivity index (χ2n) is 17.9. The highest BCUT2D eigenvalue weighted by Gasteiger charge is 2.47. The van der Waals surface area contributed by atoms with Crippen molar-refractivity contribution in [3.63, 3.8) is 0 Å². The normalized spacial score (nSPS) is 24.0. The van der Waals surface area contributed by atoms with Crippen molar-refractivity contribution in [1.29, 1.82) is 0 Å². The van der Waals surface area contributed by atoms with Gasteiger partial charge in [-0.1, -0.05) is 106 Å². The highest BCUT2D eigenvalue weighted by atomic mass is 31.2. The molecule has 0 aromatic carbocycles. The fraction of sp³-hybridized carbons (Fsp3) is 0.762. The Morgan fingerprint density at radius 3 is 1.35 bits per heavy atom. The number of unbranched alkanes of at least 4 members (excludes halogenated alkanes) is 6. The van der Waals surface area contributed by atoms with Crippen molar-refractivity contribution in [1.82, 2.24) is 39.0 Å². The maximum Gasteiger partial charge on any atom is 0.472 e. The number of hydrogen-bond donors (Lipinski definition) is 10. The number of ether oxygens (including phenoxy) is 3. The molecular weight excluding hydrogens is 978 g/mol. The number of aromatic amines is 2. The maximum absolute atomic E-state index is 12.3. The molecule has 27 nitrogen and oxygen atoms in total. The number of nitrogens with zero attached hydrogens (tertiary/aromatic N) is 6. The average Bonchev–Trinajstić information content (AvgIpc) is 4.06. The van der Waals surface area contributed by atoms with Crippen LogP contribution in [0.4, 0.5) is 11.9 Å². The number of imidazole rings is 2. The van der Waals surface area contributed by atoms with Crippen LogP contribution in [0.25, 0.3) is 22.3 Å². The summed E-state index contributed by atoms with van der Waals surface area (Å²) in [5, 5.41) is 41.9. The monoisotopic (exact) mass is 1050 g/mol. The predicted molar refractivity (Wildman–Crippen MR) is 258 cm³/mol. The van der Waals surface area contributed by atoms with E-state index in [1.165, 1.54) is 64.2 Å². The van der Waals surface area contributed by atoms with Gasteiger partial charge in [-0.05, 0) is 11.8 Å². The van der Waals surface area contributed by atoms with E-state index in [0.717, 1.165) is 33.6 Å². The summed E-state index contributed by atoms with van der Waals surface area (Å²) >= 11 is 0. The Kier molecular flexibility index (Phi) is 24.1. The molecule has 0 radical (unpaired) electrons. The Bertz CT molecular complexity index is 2270. The number of fused-ring (bicyclic) bond motifs is 2. The molecule has 6 rings (SSSR count). The standard InChI is InChI=1S/C24H34N10O17P2.2C9H20/c25-23-29-17-11(19(39)31-23)27-7-33(17)21-15(37)13(35)9(50-21)5-48-52(41,42)46-3-1-45-2-4-47-53(43,44)49-6-10-14(36)16(38)22(51-10)34-8-28-12-18(34)30-24(26)32-20(12)40;2*1-4-5-6-7-8-9(2)3/h7-10,13-16,21-22,35-38H,1-6H2,(H,41,42)(H,43,44)(H3,25,29,31,39)(H3,26,30,32,40);2*9H,4-8H2,1-3H3/t9-,10+,13+,14?,15?,16-,21-,22+;;/m0../s1. The summed E-state index contributed by atoms with van der Waals surface area (Å²) < 4.78 is 62.6. The van der Waals surface area contributed by atoms with Gasteiger partial charge in [0, 0.05) is 0 Å². The van der Waals surface area contributed by atoms with Gasteiger partial charge >= 0.3 is 15.6 Å². The summed E-state index contributed by atoms with van der Waals surface area (Å²) in [6.07, 6.45) is 4.80. The van der Waals surface area contributed by atoms with E-state index in [1.54, 1.807) is 0 Å². The zero-order chi connectivity index (χ0) is 52.5. The minimum atomic E-state index is -4.73. The summed E-state index contributed by atoms with van der Waals surface area (Å²) in [7, 11) is -9.47. The summed E-state index contributed by atoms with van der Waals surface area (Å²) in [6.45, 7) is 10.7. The molecule has 0 spiro atoms. The Hall–Kier alpha value is -3.76. The number of hydrogen-bond acceptors (Lipinski definition) is 21. The SMILES string of the molecule is CCCCCCC(C)C.CCCCCCC(C)C.Nc1nc2c(ncn2[C@@H]2O[C@H](COP(=O)(O)OCCOCCOP(=O)(O)OC[C@@H]3O[C@H](n4cnc5c(=O)[nH]c(N)nc54)C(O)[C@@H]3O)C(O)[C@@H]2O)c(=O)[nH]1. The highest BCUT2D eigenvalue weighted by Crippen LogP contribution is 2.45. The number of phosphoric ester groups is 2. The van der Waals surface area contributed by atoms with Crippen molar-refractivity contribution in [3.05, 3.63) is 33.4 Å². The lowest BCUT2D eigenvalue weighted by Gasteiger charge is -2.18. The third-order valence-electron chi connectivity index (χ3n) is 11.2. The zero-order valence-electron chi connectivity index (χ0n) is 41.1. The molecule has 10 atom stereocenters. The lowest BCUT2D eigenvalue weighted by Crippen LogP contribution is -2.33. The Morgan fingerprint density at radius 1 is 0.620 bits per heavy atom. The van der Waals surface area contributed by atoms with Crippen LogP contribution in [0.3, 0.4) is 0 Å². The molecule has 12 N–H and O–H groups in total. The topological polar surface area (TPSA) is 399 Å². The summed E-state index contributed by atoms with van der Waals surface area (Å²) in [4.78, 5) is 64.3. The minimum Gasteiger partial charge on any atom is -0.387 e. The van der Waals surface area contributed by atoms with Gasteiger partial charge in [0.25, 0.3) is 11.1 Å². The number of H-pyrrole nitrogens is 2. The van der Waals surface area contributed by atoms with Gasteiger partial charge in [0.15, 0.2) is 34.8 Å². The number of aliphatic hydroxyl groups is 4. The van der Waals surface area contributed by atoms with Crippen LogP contribution in [0.15, 0.2) is 22.2 Å². The smallest absolute Gasteiger partial charge is 0.387 e. The van der Waals surface area contributed by atoms with Crippen LogP contribution >= 0.6 is 15.6 Å². The first-order valence-electron chi connectivity index (χ1n) is 23.9. The van der Waals surface area contributed by atoms with Crippen LogP contribution in [0.2, 0.25) is 0 Å². The Morgan fingerprint density at radius 2 is 1.00 bits per heavy atom. The van der Waals surface area contributed by atoms with Crippen LogP contribution in [-0.2, 0) is 41.4 Å². The molecule has 2 aliphatic heterocycles. The van der Waals surface area contributed by atoms with Gasteiger partial charge in [0.2, 0.25) is 11.9 Å². The Labute approximate surface area is 410 Å². The average molecular weight is 1050 g/mol. The van der Waals surface area contributed by atoms with E-state index >= 15 is 0 Å². The number of aromatic nitrogens is 8. The first-order chi connectivity index (χ1) is 33.6. The molecule has 71 heavy (non-hydrogen) atoms. The van der Waals surface area contributed by atoms with Gasteiger partial charge < -0.3 is 55.9 Å². The third-order valence-corrected chi connectivity index (χ3v) is 13.1. The predicted octanol–water partition coefficient (Wildman–Crippen LogP) is 3.17. The number of nitrogens with one attached hydrogen (secondary N) is 2. The summed E-state index contributed by atoms with van der Waals surface area (Å²) in [5.41, 5.74) is 9.56. The maximum atomic E-state index is 12.3. The molecule has 2 fully saturated rings. The fourth-order valence-corrected chi connectivity index (χ4v) is 8.78. The van der Waals surface area contributed by atoms with E-state index < -0.39 is 102 Å². The summed E-state index contributed by atoms with van der Waals surface area (Å²) in [5.74, 6) is 1.35. The van der Waals surface area contributed by atoms with Gasteiger partial charge in [0.1, 0.15) is 36.6 Å². The number of nitrogen functional groups attached to an aromatic ring is 2. The zero-order valence-corrected chi connectivity index (χ0v) is 42.9. The molecule has 6 heterocycles. The molecule has 29 heteroatoms. The molecule has 4 aromatic rings. The second-order valence-corrected chi connectivity index (χ2v) is 20.8. The van der Waals surface area contributed by atoms with E-state index in [0.29, 0.717) is 0 Å². The number of aliphatic hydroxyl groups excluding tert-OH is 4. The van der Waals surface area contributed by atoms with Crippen molar-refractivity contribution in [2.45, 2.75) is 155 Å². The number of anilines is 2. The fourth-order valence-electron chi connectivity index (χ4n) is 7.35. The largest absolute Gasteiger partial charge is 0.472 e. The molecular formula is C42H74N10O17P2. The molecule has 4 unspecified atom stereocenters. The van der Waals surface area contributed by atoms with E-state index in [-0.39, 0.29) is 47.4 Å². The van der Waals surface area contributed by atoms with Gasteiger partial charge in [0.05, 0.1) is 52.3 Å². The van der Waals surface area contributed by atoms with Gasteiger partial charge in [-0.25, -0.2) is 19.1 Å². The van der Waals surface area contributed by atoms with E-state index in [4.69, 9.17) is 43.8 Å².